The zero-order chi connectivity index (χ0) is 15.7. The molecule has 0 atom stereocenters. The maximum Gasteiger partial charge on any atom is 0.348 e. The van der Waals surface area contributed by atoms with Crippen molar-refractivity contribution in [1.82, 2.24) is 0 Å². The number of carbonyl (C=O) groups is 1. The predicted octanol–water partition coefficient (Wildman–Crippen LogP) is 4.86. The minimum Gasteiger partial charge on any atom is -0.504 e. The lowest BCUT2D eigenvalue weighted by Gasteiger charge is -1.99. The van der Waals surface area contributed by atoms with Gasteiger partial charge in [0, 0.05) is 10.0 Å². The summed E-state index contributed by atoms with van der Waals surface area (Å²) < 4.78 is 5.14. The third kappa shape index (κ3) is 2.86. The Balaban J connectivity index is 2.00. The van der Waals surface area contributed by atoms with Crippen LogP contribution in [0.15, 0.2) is 60.0 Å². The summed E-state index contributed by atoms with van der Waals surface area (Å²) >= 11 is 11.6. The van der Waals surface area contributed by atoms with Gasteiger partial charge in [-0.05, 0) is 41.5 Å². The standard InChI is InChI=1S/C17H10Cl2O3/c18-12-5-1-10(2-6-12)9-14-16(20)15(17(21)22-14)11-3-7-13(19)8-4-11/h1-9,20H/b14-9+. The second-order valence-electron chi connectivity index (χ2n) is 4.68. The van der Waals surface area contributed by atoms with Gasteiger partial charge in [-0.15, -0.1) is 0 Å². The largest absolute Gasteiger partial charge is 0.504 e. The number of cyclic esters (lactones) is 1. The number of aliphatic hydroxyl groups excluding tert-OH is 1. The quantitative estimate of drug-likeness (QED) is 0.799. The van der Waals surface area contributed by atoms with Gasteiger partial charge < -0.3 is 9.84 Å². The van der Waals surface area contributed by atoms with Crippen molar-refractivity contribution in [3.8, 4) is 0 Å². The van der Waals surface area contributed by atoms with E-state index in [2.05, 4.69) is 0 Å². The molecule has 0 saturated heterocycles. The lowest BCUT2D eigenvalue weighted by molar-refractivity contribution is -0.131. The number of benzene rings is 2. The molecule has 0 aromatic heterocycles. The Labute approximate surface area is 137 Å². The monoisotopic (exact) mass is 332 g/mol. The van der Waals surface area contributed by atoms with E-state index < -0.39 is 5.97 Å². The van der Waals surface area contributed by atoms with Crippen molar-refractivity contribution in [3.05, 3.63) is 81.2 Å². The molecule has 0 aliphatic carbocycles. The minimum atomic E-state index is -0.597. The molecule has 0 bridgehead atoms. The average Bonchev–Trinajstić information content (AvgIpc) is 2.77. The van der Waals surface area contributed by atoms with E-state index in [0.717, 1.165) is 5.56 Å². The maximum atomic E-state index is 12.0. The Morgan fingerprint density at radius 3 is 2.05 bits per heavy atom. The Morgan fingerprint density at radius 2 is 1.45 bits per heavy atom. The van der Waals surface area contributed by atoms with Crippen LogP contribution in [0.1, 0.15) is 11.1 Å². The van der Waals surface area contributed by atoms with Crippen LogP contribution >= 0.6 is 23.2 Å². The van der Waals surface area contributed by atoms with Gasteiger partial charge in [-0.3, -0.25) is 0 Å². The number of hydrogen-bond acceptors (Lipinski definition) is 3. The second kappa shape index (κ2) is 5.87. The molecule has 5 heteroatoms. The molecular weight excluding hydrogens is 323 g/mol. The summed E-state index contributed by atoms with van der Waals surface area (Å²) in [5.41, 5.74) is 1.43. The first kappa shape index (κ1) is 14.7. The Kier molecular flexibility index (Phi) is 3.92. The van der Waals surface area contributed by atoms with Crippen LogP contribution in [0, 0.1) is 0 Å². The van der Waals surface area contributed by atoms with Gasteiger partial charge in [0.1, 0.15) is 5.57 Å². The summed E-state index contributed by atoms with van der Waals surface area (Å²) in [6, 6.07) is 13.5. The highest BCUT2D eigenvalue weighted by atomic mass is 35.5. The van der Waals surface area contributed by atoms with Crippen molar-refractivity contribution < 1.29 is 14.6 Å². The SMILES string of the molecule is O=C1O/C(=C/c2ccc(Cl)cc2)C(O)=C1c1ccc(Cl)cc1. The van der Waals surface area contributed by atoms with Crippen LogP contribution < -0.4 is 0 Å². The number of carbonyl (C=O) groups excluding carboxylic acids is 1. The van der Waals surface area contributed by atoms with Crippen LogP contribution in [0.25, 0.3) is 11.6 Å². The highest BCUT2D eigenvalue weighted by Gasteiger charge is 2.30. The summed E-state index contributed by atoms with van der Waals surface area (Å²) in [6.07, 6.45) is 1.58. The van der Waals surface area contributed by atoms with Gasteiger partial charge in [-0.2, -0.15) is 0 Å². The molecule has 0 saturated carbocycles. The first-order valence-corrected chi connectivity index (χ1v) is 7.19. The van der Waals surface area contributed by atoms with Crippen molar-refractivity contribution >= 4 is 40.8 Å². The second-order valence-corrected chi connectivity index (χ2v) is 5.55. The van der Waals surface area contributed by atoms with Crippen molar-refractivity contribution in [3.63, 3.8) is 0 Å². The van der Waals surface area contributed by atoms with E-state index >= 15 is 0 Å². The normalized spacial score (nSPS) is 16.3. The zero-order valence-electron chi connectivity index (χ0n) is 11.2. The van der Waals surface area contributed by atoms with Gasteiger partial charge in [0.25, 0.3) is 0 Å². The molecule has 2 aromatic carbocycles. The maximum absolute atomic E-state index is 12.0. The van der Waals surface area contributed by atoms with E-state index in [4.69, 9.17) is 27.9 Å². The Bertz CT molecular complexity index is 788. The summed E-state index contributed by atoms with van der Waals surface area (Å²) in [5, 5.41) is 11.4. The van der Waals surface area contributed by atoms with Crippen LogP contribution in [0.3, 0.4) is 0 Å². The summed E-state index contributed by atoms with van der Waals surface area (Å²) in [5.74, 6) is -0.681. The predicted molar refractivity (Wildman–Crippen MR) is 86.5 cm³/mol. The van der Waals surface area contributed by atoms with Crippen LogP contribution in [0.5, 0.6) is 0 Å². The molecule has 0 unspecified atom stereocenters. The number of ether oxygens (including phenoxy) is 1. The highest BCUT2D eigenvalue weighted by Crippen LogP contribution is 2.33. The van der Waals surface area contributed by atoms with E-state index in [1.807, 2.05) is 0 Å². The van der Waals surface area contributed by atoms with E-state index in [0.29, 0.717) is 15.6 Å². The van der Waals surface area contributed by atoms with Gasteiger partial charge in [0.05, 0.1) is 0 Å². The van der Waals surface area contributed by atoms with Crippen LogP contribution in [-0.4, -0.2) is 11.1 Å². The van der Waals surface area contributed by atoms with Crippen molar-refractivity contribution in [1.29, 1.82) is 0 Å². The lowest BCUT2D eigenvalue weighted by atomic mass is 10.1. The van der Waals surface area contributed by atoms with E-state index in [-0.39, 0.29) is 17.1 Å². The topological polar surface area (TPSA) is 46.5 Å². The fourth-order valence-corrected chi connectivity index (χ4v) is 2.35. The van der Waals surface area contributed by atoms with Gasteiger partial charge in [0.2, 0.25) is 0 Å². The Hall–Kier alpha value is -2.23. The molecule has 2 aromatic rings. The van der Waals surface area contributed by atoms with E-state index in [1.165, 1.54) is 0 Å². The first-order valence-electron chi connectivity index (χ1n) is 6.43. The fourth-order valence-electron chi connectivity index (χ4n) is 2.10. The van der Waals surface area contributed by atoms with E-state index in [9.17, 15) is 9.90 Å². The molecule has 22 heavy (non-hydrogen) atoms. The average molecular weight is 333 g/mol. The molecule has 0 fully saturated rings. The fraction of sp³-hybridized carbons (Fsp3) is 0. The third-order valence-corrected chi connectivity index (χ3v) is 3.68. The number of esters is 1. The molecule has 1 aliphatic heterocycles. The van der Waals surface area contributed by atoms with E-state index in [1.54, 1.807) is 54.6 Å². The minimum absolute atomic E-state index is 0.109. The van der Waals surface area contributed by atoms with Crippen LogP contribution in [0.4, 0.5) is 0 Å². The molecule has 0 radical (unpaired) electrons. The number of aliphatic hydroxyl groups is 1. The molecular formula is C17H10Cl2O3. The molecule has 3 rings (SSSR count). The van der Waals surface area contributed by atoms with Gasteiger partial charge in [-0.1, -0.05) is 47.5 Å². The molecule has 3 nitrogen and oxygen atoms in total. The smallest absolute Gasteiger partial charge is 0.348 e. The number of halogens is 2. The molecule has 1 N–H and O–H groups in total. The Morgan fingerprint density at radius 1 is 0.909 bits per heavy atom. The van der Waals surface area contributed by atoms with Crippen LogP contribution in [-0.2, 0) is 9.53 Å². The van der Waals surface area contributed by atoms with Gasteiger partial charge >= 0.3 is 5.97 Å². The van der Waals surface area contributed by atoms with Gasteiger partial charge in [-0.25, -0.2) is 4.79 Å². The van der Waals surface area contributed by atoms with Crippen LogP contribution in [0.2, 0.25) is 10.0 Å². The number of rotatable bonds is 2. The van der Waals surface area contributed by atoms with Crippen molar-refractivity contribution in [2.45, 2.75) is 0 Å². The number of hydrogen-bond donors (Lipinski definition) is 1. The summed E-state index contributed by atoms with van der Waals surface area (Å²) in [6.45, 7) is 0. The lowest BCUT2D eigenvalue weighted by Crippen LogP contribution is -1.98. The molecule has 110 valence electrons. The highest BCUT2D eigenvalue weighted by molar-refractivity contribution is 6.31. The molecule has 1 aliphatic rings. The van der Waals surface area contributed by atoms with Crippen molar-refractivity contribution in [2.24, 2.45) is 0 Å². The van der Waals surface area contributed by atoms with Crippen molar-refractivity contribution in [2.75, 3.05) is 0 Å². The summed E-state index contributed by atoms with van der Waals surface area (Å²) in [4.78, 5) is 12.0. The van der Waals surface area contributed by atoms with Gasteiger partial charge in [0.15, 0.2) is 11.5 Å². The first-order chi connectivity index (χ1) is 10.5. The molecule has 1 heterocycles. The molecule has 0 amide bonds. The zero-order valence-corrected chi connectivity index (χ0v) is 12.7. The molecule has 0 spiro atoms. The summed E-state index contributed by atoms with van der Waals surface area (Å²) in [7, 11) is 0. The third-order valence-electron chi connectivity index (χ3n) is 3.18.